The van der Waals surface area contributed by atoms with Gasteiger partial charge >= 0.3 is 0 Å². The predicted molar refractivity (Wildman–Crippen MR) is 93.6 cm³/mol. The number of hydrogen-bond acceptors (Lipinski definition) is 2. The van der Waals surface area contributed by atoms with Gasteiger partial charge in [-0.15, -0.1) is 18.3 Å². The third kappa shape index (κ3) is 3.21. The van der Waals surface area contributed by atoms with Crippen LogP contribution in [-0.2, 0) is 4.43 Å². The van der Waals surface area contributed by atoms with Gasteiger partial charge in [-0.3, -0.25) is 0 Å². The standard InChI is InChI=1S/C17H26OSSi/c1-7-14(18-20(5,6)17(2,3)4)16-12-13-10-8-9-11-15(13)19-16/h7-10,12,14-15H,1,11H2,2-6H3/t14-,15?/m1/s1. The van der Waals surface area contributed by atoms with Crippen LogP contribution >= 0.6 is 11.8 Å². The van der Waals surface area contributed by atoms with Gasteiger partial charge in [0, 0.05) is 10.2 Å². The maximum Gasteiger partial charge on any atom is 0.193 e. The van der Waals surface area contributed by atoms with Gasteiger partial charge in [0.1, 0.15) is 0 Å². The average molecular weight is 307 g/mol. The van der Waals surface area contributed by atoms with Crippen LogP contribution < -0.4 is 0 Å². The maximum absolute atomic E-state index is 6.53. The van der Waals surface area contributed by atoms with Crippen molar-refractivity contribution < 1.29 is 4.43 Å². The van der Waals surface area contributed by atoms with Crippen molar-refractivity contribution in [2.75, 3.05) is 0 Å². The molecule has 0 amide bonds. The Morgan fingerprint density at radius 1 is 1.45 bits per heavy atom. The number of hydrogen-bond donors (Lipinski definition) is 0. The molecule has 2 atom stereocenters. The molecular weight excluding hydrogens is 280 g/mol. The summed E-state index contributed by atoms with van der Waals surface area (Å²) in [5.41, 5.74) is 1.43. The van der Waals surface area contributed by atoms with Crippen molar-refractivity contribution in [2.24, 2.45) is 0 Å². The van der Waals surface area contributed by atoms with Crippen LogP contribution in [0.2, 0.25) is 18.1 Å². The fourth-order valence-corrected chi connectivity index (χ4v) is 4.71. The Bertz CT molecular complexity index is 480. The molecule has 0 N–H and O–H groups in total. The molecule has 0 saturated carbocycles. The largest absolute Gasteiger partial charge is 0.406 e. The van der Waals surface area contributed by atoms with Crippen LogP contribution in [0, 0.1) is 0 Å². The highest BCUT2D eigenvalue weighted by Gasteiger charge is 2.40. The highest BCUT2D eigenvalue weighted by Crippen LogP contribution is 2.45. The molecule has 0 aromatic rings. The summed E-state index contributed by atoms with van der Waals surface area (Å²) in [4.78, 5) is 1.32. The van der Waals surface area contributed by atoms with Crippen molar-refractivity contribution >= 4 is 20.1 Å². The second kappa shape index (κ2) is 5.70. The fraction of sp³-hybridized carbons (Fsp3) is 0.529. The van der Waals surface area contributed by atoms with E-state index in [1.165, 1.54) is 10.5 Å². The Morgan fingerprint density at radius 3 is 2.70 bits per heavy atom. The number of thioether (sulfide) groups is 1. The molecule has 1 heterocycles. The fourth-order valence-electron chi connectivity index (χ4n) is 2.11. The zero-order chi connectivity index (χ0) is 15.0. The monoisotopic (exact) mass is 306 g/mol. The van der Waals surface area contributed by atoms with E-state index in [9.17, 15) is 0 Å². The molecular formula is C17H26OSSi. The zero-order valence-corrected chi connectivity index (χ0v) is 15.1. The smallest absolute Gasteiger partial charge is 0.193 e. The molecule has 110 valence electrons. The summed E-state index contributed by atoms with van der Waals surface area (Å²) >= 11 is 1.95. The Morgan fingerprint density at radius 2 is 2.15 bits per heavy atom. The third-order valence-corrected chi connectivity index (χ3v) is 10.3. The van der Waals surface area contributed by atoms with E-state index in [0.29, 0.717) is 5.25 Å². The first kappa shape index (κ1) is 15.9. The summed E-state index contributed by atoms with van der Waals surface area (Å²) in [6.45, 7) is 15.4. The lowest BCUT2D eigenvalue weighted by Crippen LogP contribution is -2.43. The van der Waals surface area contributed by atoms with Crippen molar-refractivity contribution in [3.63, 3.8) is 0 Å². The van der Waals surface area contributed by atoms with E-state index < -0.39 is 8.32 Å². The molecule has 0 fully saturated rings. The summed E-state index contributed by atoms with van der Waals surface area (Å²) in [7, 11) is -1.77. The van der Waals surface area contributed by atoms with E-state index in [2.05, 4.69) is 64.7 Å². The summed E-state index contributed by atoms with van der Waals surface area (Å²) < 4.78 is 6.53. The Balaban J connectivity index is 2.15. The summed E-state index contributed by atoms with van der Waals surface area (Å²) in [5, 5.41) is 0.812. The molecule has 1 aliphatic heterocycles. The van der Waals surface area contributed by atoms with Crippen molar-refractivity contribution in [3.05, 3.63) is 47.4 Å². The molecule has 0 bridgehead atoms. The topological polar surface area (TPSA) is 9.23 Å². The third-order valence-electron chi connectivity index (χ3n) is 4.46. The molecule has 0 radical (unpaired) electrons. The van der Waals surface area contributed by atoms with Crippen molar-refractivity contribution in [1.29, 1.82) is 0 Å². The van der Waals surface area contributed by atoms with Crippen molar-refractivity contribution in [1.82, 2.24) is 0 Å². The average Bonchev–Trinajstić information content (AvgIpc) is 2.78. The summed E-state index contributed by atoms with van der Waals surface area (Å²) in [6, 6.07) is 0. The van der Waals surface area contributed by atoms with Gasteiger partial charge in [0.2, 0.25) is 0 Å². The van der Waals surface area contributed by atoms with Crippen molar-refractivity contribution in [3.8, 4) is 0 Å². The summed E-state index contributed by atoms with van der Waals surface area (Å²) in [6.07, 6.45) is 12.1. The second-order valence-electron chi connectivity index (χ2n) is 7.02. The normalized spacial score (nSPS) is 23.9. The molecule has 0 spiro atoms. The Kier molecular flexibility index (Phi) is 4.52. The van der Waals surface area contributed by atoms with Gasteiger partial charge in [0.05, 0.1) is 6.10 Å². The molecule has 0 aromatic heterocycles. The minimum Gasteiger partial charge on any atom is -0.406 e. The molecule has 20 heavy (non-hydrogen) atoms. The summed E-state index contributed by atoms with van der Waals surface area (Å²) in [5.74, 6) is 0. The maximum atomic E-state index is 6.53. The zero-order valence-electron chi connectivity index (χ0n) is 13.3. The molecule has 2 aliphatic rings. The Hall–Kier alpha value is -0.513. The van der Waals surface area contributed by atoms with E-state index in [1.54, 1.807) is 0 Å². The number of allylic oxidation sites excluding steroid dienone is 4. The van der Waals surface area contributed by atoms with E-state index >= 15 is 0 Å². The van der Waals surface area contributed by atoms with Crippen molar-refractivity contribution in [2.45, 2.75) is 56.7 Å². The quantitative estimate of drug-likeness (QED) is 0.504. The SMILES string of the molecule is C=C[C@@H](O[Si](C)(C)C(C)(C)C)C1=CC2=CC=CCC2S1. The lowest BCUT2D eigenvalue weighted by Gasteiger charge is -2.38. The van der Waals surface area contributed by atoms with Gasteiger partial charge in [-0.25, -0.2) is 0 Å². The first-order valence-electron chi connectivity index (χ1n) is 7.30. The lowest BCUT2D eigenvalue weighted by molar-refractivity contribution is 0.265. The van der Waals surface area contributed by atoms with Crippen LogP contribution in [-0.4, -0.2) is 19.7 Å². The van der Waals surface area contributed by atoms with Gasteiger partial charge in [-0.1, -0.05) is 45.1 Å². The second-order valence-corrected chi connectivity index (χ2v) is 13.1. The Labute approximate surface area is 129 Å². The molecule has 3 heteroatoms. The molecule has 1 aliphatic carbocycles. The van der Waals surface area contributed by atoms with Gasteiger partial charge in [-0.05, 0) is 36.2 Å². The molecule has 0 saturated heterocycles. The number of rotatable bonds is 4. The van der Waals surface area contributed by atoms with Gasteiger partial charge in [-0.2, -0.15) is 0 Å². The first-order chi connectivity index (χ1) is 9.24. The van der Waals surface area contributed by atoms with E-state index in [-0.39, 0.29) is 11.1 Å². The molecule has 1 unspecified atom stereocenters. The van der Waals surface area contributed by atoms with Crippen LogP contribution in [0.1, 0.15) is 27.2 Å². The van der Waals surface area contributed by atoms with Gasteiger partial charge in [0.25, 0.3) is 0 Å². The highest BCUT2D eigenvalue weighted by molar-refractivity contribution is 8.04. The molecule has 2 rings (SSSR count). The lowest BCUT2D eigenvalue weighted by atomic mass is 10.0. The van der Waals surface area contributed by atoms with Crippen LogP contribution in [0.3, 0.4) is 0 Å². The van der Waals surface area contributed by atoms with E-state index in [1.807, 2.05) is 17.8 Å². The van der Waals surface area contributed by atoms with Crippen LogP contribution in [0.25, 0.3) is 0 Å². The minimum atomic E-state index is -1.77. The van der Waals surface area contributed by atoms with Crippen LogP contribution in [0.5, 0.6) is 0 Å². The predicted octanol–water partition coefficient (Wildman–Crippen LogP) is 5.45. The highest BCUT2D eigenvalue weighted by atomic mass is 32.2. The number of fused-ring (bicyclic) bond motifs is 1. The van der Waals surface area contributed by atoms with E-state index in [4.69, 9.17) is 4.43 Å². The van der Waals surface area contributed by atoms with Crippen LogP contribution in [0.15, 0.2) is 47.4 Å². The molecule has 1 nitrogen and oxygen atoms in total. The van der Waals surface area contributed by atoms with Gasteiger partial charge < -0.3 is 4.43 Å². The van der Waals surface area contributed by atoms with Gasteiger partial charge in [0.15, 0.2) is 8.32 Å². The minimum absolute atomic E-state index is 0.0485. The molecule has 0 aromatic carbocycles. The van der Waals surface area contributed by atoms with E-state index in [0.717, 1.165) is 6.42 Å². The van der Waals surface area contributed by atoms with Crippen LogP contribution in [0.4, 0.5) is 0 Å². The first-order valence-corrected chi connectivity index (χ1v) is 11.1.